The Morgan fingerprint density at radius 2 is 1.88 bits per heavy atom. The molecular weight excluding hydrogens is 455 g/mol. The van der Waals surface area contributed by atoms with E-state index in [0.717, 1.165) is 49.9 Å². The van der Waals surface area contributed by atoms with Gasteiger partial charge in [-0.25, -0.2) is 0 Å². The molecule has 4 rings (SSSR count). The molecule has 2 aliphatic carbocycles. The predicted molar refractivity (Wildman–Crippen MR) is 123 cm³/mol. The van der Waals surface area contributed by atoms with E-state index in [-0.39, 0.29) is 24.0 Å². The van der Waals surface area contributed by atoms with Crippen LogP contribution in [0.15, 0.2) is 22.5 Å². The average molecular weight is 488 g/mol. The Kier molecular flexibility index (Phi) is 7.49. The van der Waals surface area contributed by atoms with E-state index >= 15 is 0 Å². The van der Waals surface area contributed by atoms with Crippen LogP contribution in [0.25, 0.3) is 0 Å². The van der Waals surface area contributed by atoms with Gasteiger partial charge in [-0.05, 0) is 80.7 Å². The van der Waals surface area contributed by atoms with Crippen molar-refractivity contribution in [3.8, 4) is 0 Å². The van der Waals surface area contributed by atoms with E-state index in [9.17, 15) is 0 Å². The summed E-state index contributed by atoms with van der Waals surface area (Å²) in [6.45, 7) is 6.42. The molecule has 0 unspecified atom stereocenters. The number of guanidine groups is 1. The number of nitrogens with one attached hydrogen (secondary N) is 2. The molecule has 6 heteroatoms. The smallest absolute Gasteiger partial charge is 0.191 e. The van der Waals surface area contributed by atoms with E-state index in [2.05, 4.69) is 40.0 Å². The number of rotatable bonds is 7. The summed E-state index contributed by atoms with van der Waals surface area (Å²) in [7, 11) is 0. The predicted octanol–water partition coefficient (Wildman–Crippen LogP) is 4.33. The van der Waals surface area contributed by atoms with Gasteiger partial charge in [-0.3, -0.25) is 4.99 Å². The Labute approximate surface area is 179 Å². The summed E-state index contributed by atoms with van der Waals surface area (Å²) < 4.78 is 0. The second-order valence-electron chi connectivity index (χ2n) is 7.92. The molecule has 4 nitrogen and oxygen atoms in total. The molecule has 2 saturated carbocycles. The molecule has 2 N–H and O–H groups in total. The molecule has 146 valence electrons. The van der Waals surface area contributed by atoms with Crippen LogP contribution in [-0.4, -0.2) is 38.2 Å². The Morgan fingerprint density at radius 1 is 1.19 bits per heavy atom. The summed E-state index contributed by atoms with van der Waals surface area (Å²) in [6, 6.07) is 4.94. The summed E-state index contributed by atoms with van der Waals surface area (Å²) in [5.41, 5.74) is 0. The van der Waals surface area contributed by atoms with E-state index in [4.69, 9.17) is 4.99 Å². The lowest BCUT2D eigenvalue weighted by Crippen LogP contribution is -2.48. The fourth-order valence-electron chi connectivity index (χ4n) is 4.14. The third kappa shape index (κ3) is 5.50. The zero-order valence-electron chi connectivity index (χ0n) is 15.8. The van der Waals surface area contributed by atoms with Crippen molar-refractivity contribution in [3.63, 3.8) is 0 Å². The molecule has 26 heavy (non-hydrogen) atoms. The highest BCUT2D eigenvalue weighted by Gasteiger charge is 2.41. The van der Waals surface area contributed by atoms with Crippen molar-refractivity contribution in [2.45, 2.75) is 51.5 Å². The van der Waals surface area contributed by atoms with Crippen LogP contribution in [0.4, 0.5) is 5.00 Å². The highest BCUT2D eigenvalue weighted by atomic mass is 127. The lowest BCUT2D eigenvalue weighted by molar-refractivity contribution is 0.414. The molecule has 1 aromatic heterocycles. The quantitative estimate of drug-likeness (QED) is 0.341. The van der Waals surface area contributed by atoms with Crippen molar-refractivity contribution < 1.29 is 0 Å². The minimum atomic E-state index is 0. The molecular formula is C20H33IN4S. The summed E-state index contributed by atoms with van der Waals surface area (Å²) >= 11 is 1.85. The van der Waals surface area contributed by atoms with Crippen molar-refractivity contribution in [2.24, 2.45) is 22.7 Å². The first-order valence-corrected chi connectivity index (χ1v) is 11.0. The molecule has 0 aromatic carbocycles. The molecule has 3 fully saturated rings. The molecule has 2 heterocycles. The Hall–Kier alpha value is -0.500. The molecule has 0 amide bonds. The molecule has 0 radical (unpaired) electrons. The van der Waals surface area contributed by atoms with Gasteiger partial charge in [0.25, 0.3) is 0 Å². The molecule has 0 bridgehead atoms. The van der Waals surface area contributed by atoms with Gasteiger partial charge in [-0.1, -0.05) is 0 Å². The standard InChI is InChI=1S/C20H32N4S.HI/c1-2-21-20(22-14-18(15-5-6-15)16-7-8-16)23-17-9-11-24(12-10-17)19-4-3-13-25-19;/h3-4,13,15-18H,2,5-12,14H2,1H3,(H2,21,22,23);1H. The maximum atomic E-state index is 4.98. The topological polar surface area (TPSA) is 39.7 Å². The normalized spacial score (nSPS) is 21.6. The van der Waals surface area contributed by atoms with E-state index < -0.39 is 0 Å². The van der Waals surface area contributed by atoms with Crippen LogP contribution < -0.4 is 15.5 Å². The third-order valence-electron chi connectivity index (χ3n) is 5.91. The van der Waals surface area contributed by atoms with Crippen molar-refractivity contribution in [2.75, 3.05) is 31.1 Å². The van der Waals surface area contributed by atoms with E-state index in [1.807, 2.05) is 11.3 Å². The second kappa shape index (κ2) is 9.62. The summed E-state index contributed by atoms with van der Waals surface area (Å²) in [5.74, 6) is 3.86. The van der Waals surface area contributed by atoms with Gasteiger partial charge < -0.3 is 15.5 Å². The Balaban J connectivity index is 0.00000196. The Bertz CT molecular complexity index is 548. The fraction of sp³-hybridized carbons (Fsp3) is 0.750. The third-order valence-corrected chi connectivity index (χ3v) is 6.84. The van der Waals surface area contributed by atoms with Crippen molar-refractivity contribution in [1.82, 2.24) is 10.6 Å². The highest BCUT2D eigenvalue weighted by Crippen LogP contribution is 2.49. The van der Waals surface area contributed by atoms with Crippen LogP contribution in [0.1, 0.15) is 45.4 Å². The molecule has 0 atom stereocenters. The van der Waals surface area contributed by atoms with Crippen LogP contribution in [-0.2, 0) is 0 Å². The molecule has 0 spiro atoms. The first-order valence-electron chi connectivity index (χ1n) is 10.2. The summed E-state index contributed by atoms with van der Waals surface area (Å²) in [6.07, 6.45) is 8.17. The van der Waals surface area contributed by atoms with Crippen LogP contribution in [0, 0.1) is 17.8 Å². The van der Waals surface area contributed by atoms with Gasteiger partial charge in [-0.2, -0.15) is 0 Å². The highest BCUT2D eigenvalue weighted by molar-refractivity contribution is 14.0. The maximum absolute atomic E-state index is 4.98. The van der Waals surface area contributed by atoms with Gasteiger partial charge >= 0.3 is 0 Å². The SMILES string of the molecule is CCNC(=NCC(C1CC1)C1CC1)NC1CCN(c2cccs2)CC1.I. The Morgan fingerprint density at radius 3 is 2.42 bits per heavy atom. The number of hydrogen-bond donors (Lipinski definition) is 2. The lowest BCUT2D eigenvalue weighted by atomic mass is 9.98. The van der Waals surface area contributed by atoms with Gasteiger partial charge in [0.15, 0.2) is 5.96 Å². The van der Waals surface area contributed by atoms with Crippen LogP contribution in [0.5, 0.6) is 0 Å². The zero-order valence-corrected chi connectivity index (χ0v) is 19.0. The minimum absolute atomic E-state index is 0. The zero-order chi connectivity index (χ0) is 17.1. The molecule has 1 saturated heterocycles. The maximum Gasteiger partial charge on any atom is 0.191 e. The van der Waals surface area contributed by atoms with Gasteiger partial charge in [0.1, 0.15) is 0 Å². The van der Waals surface area contributed by atoms with Gasteiger partial charge in [0.2, 0.25) is 0 Å². The van der Waals surface area contributed by atoms with Crippen molar-refractivity contribution >= 4 is 46.3 Å². The summed E-state index contributed by atoms with van der Waals surface area (Å²) in [5, 5.41) is 10.8. The fourth-order valence-corrected chi connectivity index (χ4v) is 4.92. The number of anilines is 1. The number of nitrogens with zero attached hydrogens (tertiary/aromatic N) is 2. The van der Waals surface area contributed by atoms with Crippen molar-refractivity contribution in [3.05, 3.63) is 17.5 Å². The number of halogens is 1. The number of piperidine rings is 1. The van der Waals surface area contributed by atoms with Crippen LogP contribution >= 0.6 is 35.3 Å². The van der Waals surface area contributed by atoms with E-state index in [1.54, 1.807) is 0 Å². The van der Waals surface area contributed by atoms with E-state index in [0.29, 0.717) is 6.04 Å². The van der Waals surface area contributed by atoms with Gasteiger partial charge in [0.05, 0.1) is 5.00 Å². The average Bonchev–Trinajstić information content (AvgIpc) is 3.57. The van der Waals surface area contributed by atoms with Gasteiger partial charge in [-0.15, -0.1) is 35.3 Å². The second-order valence-corrected chi connectivity index (χ2v) is 8.84. The molecule has 1 aromatic rings. The van der Waals surface area contributed by atoms with E-state index in [1.165, 1.54) is 43.5 Å². The number of hydrogen-bond acceptors (Lipinski definition) is 3. The molecule has 3 aliphatic rings. The van der Waals surface area contributed by atoms with Crippen LogP contribution in [0.2, 0.25) is 0 Å². The van der Waals surface area contributed by atoms with Crippen molar-refractivity contribution in [1.29, 1.82) is 0 Å². The lowest BCUT2D eigenvalue weighted by Gasteiger charge is -2.33. The first kappa shape index (κ1) is 20.2. The monoisotopic (exact) mass is 488 g/mol. The summed E-state index contributed by atoms with van der Waals surface area (Å²) in [4.78, 5) is 7.50. The minimum Gasteiger partial charge on any atom is -0.363 e. The van der Waals surface area contributed by atoms with Gasteiger partial charge in [0, 0.05) is 32.2 Å². The largest absolute Gasteiger partial charge is 0.363 e. The van der Waals surface area contributed by atoms with Crippen LogP contribution in [0.3, 0.4) is 0 Å². The molecule has 1 aliphatic heterocycles. The first-order chi connectivity index (χ1) is 12.3. The number of aliphatic imine (C=N–C) groups is 1. The number of thiophene rings is 1.